The summed E-state index contributed by atoms with van der Waals surface area (Å²) in [6, 6.07) is 0. The van der Waals surface area contributed by atoms with Crippen molar-refractivity contribution in [1.29, 1.82) is 0 Å². The Labute approximate surface area is 98.2 Å². The molecule has 4 heteroatoms. The van der Waals surface area contributed by atoms with Crippen LogP contribution in [0.5, 0.6) is 0 Å². The van der Waals surface area contributed by atoms with E-state index in [1.807, 2.05) is 13.0 Å². The number of rotatable bonds is 7. The summed E-state index contributed by atoms with van der Waals surface area (Å²) >= 11 is 11.3. The van der Waals surface area contributed by atoms with E-state index in [-0.39, 0.29) is 11.5 Å². The first-order valence-corrected chi connectivity index (χ1v) is 7.98. The van der Waals surface area contributed by atoms with Gasteiger partial charge in [0.2, 0.25) is 6.85 Å². The van der Waals surface area contributed by atoms with Crippen LogP contribution >= 0.6 is 29.3 Å². The molecule has 0 fully saturated rings. The fourth-order valence-electron chi connectivity index (χ4n) is 1.80. The second-order valence-electron chi connectivity index (χ2n) is 3.51. The summed E-state index contributed by atoms with van der Waals surface area (Å²) in [5, 5.41) is 0. The van der Waals surface area contributed by atoms with Crippen LogP contribution in [-0.4, -0.2) is 6.10 Å². The Balaban J connectivity index is 4.51. The van der Waals surface area contributed by atoms with Crippen molar-refractivity contribution in [3.63, 3.8) is 0 Å². The standard InChI is InChI=1S/C10H19Cl2OP/c1-5-8-10(6-2,7-3)9(4)13-14(11)12/h5,9H,1,6-8H2,2-4H3. The molecule has 1 unspecified atom stereocenters. The van der Waals surface area contributed by atoms with E-state index >= 15 is 0 Å². The van der Waals surface area contributed by atoms with Crippen LogP contribution in [0.3, 0.4) is 0 Å². The van der Waals surface area contributed by atoms with Crippen molar-refractivity contribution in [2.24, 2.45) is 5.41 Å². The molecule has 0 spiro atoms. The molecule has 0 heterocycles. The maximum atomic E-state index is 5.67. The molecule has 0 aromatic heterocycles. The second kappa shape index (κ2) is 7.06. The highest BCUT2D eigenvalue weighted by atomic mass is 35.9. The second-order valence-corrected chi connectivity index (χ2v) is 6.49. The van der Waals surface area contributed by atoms with Gasteiger partial charge >= 0.3 is 0 Å². The van der Waals surface area contributed by atoms with E-state index in [0.717, 1.165) is 19.3 Å². The maximum Gasteiger partial charge on any atom is 0.225 e. The van der Waals surface area contributed by atoms with Crippen LogP contribution in [0.15, 0.2) is 12.7 Å². The van der Waals surface area contributed by atoms with Crippen molar-refractivity contribution in [2.45, 2.75) is 46.1 Å². The highest BCUT2D eigenvalue weighted by Crippen LogP contribution is 2.52. The molecule has 14 heavy (non-hydrogen) atoms. The van der Waals surface area contributed by atoms with Crippen LogP contribution in [0.2, 0.25) is 0 Å². The minimum absolute atomic E-state index is 0.0802. The highest BCUT2D eigenvalue weighted by Gasteiger charge is 2.33. The predicted molar refractivity (Wildman–Crippen MR) is 67.0 cm³/mol. The molecule has 1 nitrogen and oxygen atoms in total. The molecule has 0 radical (unpaired) electrons. The Hall–Kier alpha value is 0.710. The smallest absolute Gasteiger partial charge is 0.225 e. The molecule has 0 saturated carbocycles. The van der Waals surface area contributed by atoms with Crippen molar-refractivity contribution in [1.82, 2.24) is 0 Å². The van der Waals surface area contributed by atoms with Gasteiger partial charge in [0, 0.05) is 0 Å². The van der Waals surface area contributed by atoms with Crippen molar-refractivity contribution >= 4 is 29.3 Å². The normalized spacial score (nSPS) is 14.4. The summed E-state index contributed by atoms with van der Waals surface area (Å²) in [5.41, 5.74) is 0.131. The highest BCUT2D eigenvalue weighted by molar-refractivity contribution is 8.00. The Bertz CT molecular complexity index is 170. The molecule has 0 N–H and O–H groups in total. The lowest BCUT2D eigenvalue weighted by atomic mass is 9.75. The average Bonchev–Trinajstić information content (AvgIpc) is 2.13. The molecule has 0 aliphatic carbocycles. The van der Waals surface area contributed by atoms with Crippen LogP contribution < -0.4 is 0 Å². The molecule has 0 bridgehead atoms. The van der Waals surface area contributed by atoms with Crippen LogP contribution in [0.4, 0.5) is 0 Å². The third-order valence-electron chi connectivity index (χ3n) is 3.06. The van der Waals surface area contributed by atoms with Gasteiger partial charge in [-0.3, -0.25) is 0 Å². The molecule has 0 amide bonds. The van der Waals surface area contributed by atoms with E-state index in [1.54, 1.807) is 0 Å². The van der Waals surface area contributed by atoms with Gasteiger partial charge in [0.1, 0.15) is 0 Å². The summed E-state index contributed by atoms with van der Waals surface area (Å²) < 4.78 is 5.50. The fraction of sp³-hybridized carbons (Fsp3) is 0.800. The molecule has 0 aromatic carbocycles. The zero-order valence-corrected chi connectivity index (χ0v) is 11.5. The minimum atomic E-state index is -1.32. The quantitative estimate of drug-likeness (QED) is 0.433. The average molecular weight is 257 g/mol. The van der Waals surface area contributed by atoms with E-state index in [0.29, 0.717) is 0 Å². The Morgan fingerprint density at radius 1 is 1.43 bits per heavy atom. The van der Waals surface area contributed by atoms with Crippen molar-refractivity contribution in [3.05, 3.63) is 12.7 Å². The Morgan fingerprint density at radius 2 is 1.93 bits per heavy atom. The molecule has 0 aliphatic rings. The lowest BCUT2D eigenvalue weighted by Crippen LogP contribution is -2.32. The first kappa shape index (κ1) is 14.7. The van der Waals surface area contributed by atoms with Gasteiger partial charge in [0.25, 0.3) is 0 Å². The Morgan fingerprint density at radius 3 is 2.21 bits per heavy atom. The van der Waals surface area contributed by atoms with Crippen LogP contribution in [0, 0.1) is 5.41 Å². The van der Waals surface area contributed by atoms with Gasteiger partial charge < -0.3 is 4.52 Å². The van der Waals surface area contributed by atoms with Gasteiger partial charge in [0.15, 0.2) is 0 Å². The molecule has 0 aliphatic heterocycles. The molecule has 0 saturated heterocycles. The largest absolute Gasteiger partial charge is 0.328 e. The van der Waals surface area contributed by atoms with Crippen molar-refractivity contribution in [2.75, 3.05) is 0 Å². The van der Waals surface area contributed by atoms with E-state index in [4.69, 9.17) is 27.0 Å². The Kier molecular flexibility index (Phi) is 7.42. The lowest BCUT2D eigenvalue weighted by Gasteiger charge is -2.36. The van der Waals surface area contributed by atoms with E-state index in [9.17, 15) is 0 Å². The molecule has 84 valence electrons. The summed E-state index contributed by atoms with van der Waals surface area (Å²) in [7, 11) is 0. The predicted octanol–water partition coefficient (Wildman–Crippen LogP) is 5.48. The molecule has 0 aromatic rings. The molecular weight excluding hydrogens is 238 g/mol. The van der Waals surface area contributed by atoms with Crippen LogP contribution in [0.1, 0.15) is 40.0 Å². The third kappa shape index (κ3) is 4.06. The first-order chi connectivity index (χ1) is 6.52. The van der Waals surface area contributed by atoms with Crippen molar-refractivity contribution in [3.8, 4) is 0 Å². The van der Waals surface area contributed by atoms with Gasteiger partial charge in [-0.1, -0.05) is 19.9 Å². The zero-order chi connectivity index (χ0) is 11.2. The SMILES string of the molecule is C=CCC(CC)(CC)C(C)OP(Cl)Cl. The summed E-state index contributed by atoms with van der Waals surface area (Å²) in [6.07, 6.45) is 5.06. The number of allylic oxidation sites excluding steroid dienone is 1. The van der Waals surface area contributed by atoms with Crippen molar-refractivity contribution < 1.29 is 4.52 Å². The minimum Gasteiger partial charge on any atom is -0.328 e. The summed E-state index contributed by atoms with van der Waals surface area (Å²) in [5.74, 6) is 0. The molecular formula is C10H19Cl2OP. The lowest BCUT2D eigenvalue weighted by molar-refractivity contribution is 0.0676. The van der Waals surface area contributed by atoms with Crippen LogP contribution in [0.25, 0.3) is 0 Å². The van der Waals surface area contributed by atoms with E-state index < -0.39 is 6.85 Å². The topological polar surface area (TPSA) is 9.23 Å². The van der Waals surface area contributed by atoms with Gasteiger partial charge in [-0.05, 0) is 54.1 Å². The van der Waals surface area contributed by atoms with E-state index in [2.05, 4.69) is 20.4 Å². The molecule has 0 rings (SSSR count). The number of halogens is 2. The molecule has 1 atom stereocenters. The van der Waals surface area contributed by atoms with Crippen LogP contribution in [-0.2, 0) is 4.52 Å². The summed E-state index contributed by atoms with van der Waals surface area (Å²) in [4.78, 5) is 0. The zero-order valence-electron chi connectivity index (χ0n) is 9.09. The van der Waals surface area contributed by atoms with E-state index in [1.165, 1.54) is 0 Å². The number of hydrogen-bond donors (Lipinski definition) is 0. The third-order valence-corrected chi connectivity index (χ3v) is 4.01. The summed E-state index contributed by atoms with van der Waals surface area (Å²) in [6.45, 7) is 8.84. The van der Waals surface area contributed by atoms with Gasteiger partial charge in [0.05, 0.1) is 6.10 Å². The van der Waals surface area contributed by atoms with Gasteiger partial charge in [-0.2, -0.15) is 0 Å². The van der Waals surface area contributed by atoms with Gasteiger partial charge in [-0.25, -0.2) is 0 Å². The fourth-order valence-corrected chi connectivity index (χ4v) is 2.98. The maximum absolute atomic E-state index is 5.67. The monoisotopic (exact) mass is 256 g/mol. The first-order valence-electron chi connectivity index (χ1n) is 4.91. The number of hydrogen-bond acceptors (Lipinski definition) is 1. The van der Waals surface area contributed by atoms with Gasteiger partial charge in [-0.15, -0.1) is 6.58 Å².